The first-order valence-corrected chi connectivity index (χ1v) is 14.8. The Labute approximate surface area is 272 Å². The second-order valence-corrected chi connectivity index (χ2v) is 12.2. The van der Waals surface area contributed by atoms with E-state index in [-0.39, 0.29) is 5.15 Å². The summed E-state index contributed by atoms with van der Waals surface area (Å²) < 4.78 is 10.2. The second-order valence-electron chi connectivity index (χ2n) is 9.75. The molecule has 0 spiro atoms. The lowest BCUT2D eigenvalue weighted by Gasteiger charge is -2.27. The highest BCUT2D eigenvalue weighted by molar-refractivity contribution is 9.11. The van der Waals surface area contributed by atoms with Gasteiger partial charge in [0.2, 0.25) is 0 Å². The molecule has 0 fully saturated rings. The first-order chi connectivity index (χ1) is 20.5. The predicted molar refractivity (Wildman–Crippen MR) is 172 cm³/mol. The second kappa shape index (κ2) is 12.8. The number of carbonyl (C=O) groups is 1. The molecule has 0 saturated carbocycles. The molecule has 43 heavy (non-hydrogen) atoms. The van der Waals surface area contributed by atoms with Crippen LogP contribution in [-0.2, 0) is 4.74 Å². The number of aromatic nitrogens is 8. The maximum Gasteiger partial charge on any atom is 0.420 e. The van der Waals surface area contributed by atoms with Crippen molar-refractivity contribution in [3.05, 3.63) is 92.8 Å². The van der Waals surface area contributed by atoms with Crippen molar-refractivity contribution in [2.45, 2.75) is 26.4 Å². The van der Waals surface area contributed by atoms with E-state index in [1.165, 1.54) is 9.42 Å². The molecule has 6 aromatic rings. The molecule has 0 saturated heterocycles. The van der Waals surface area contributed by atoms with Gasteiger partial charge in [0.05, 0.1) is 45.1 Å². The van der Waals surface area contributed by atoms with Crippen LogP contribution in [0.1, 0.15) is 20.8 Å². The number of nitrogens with one attached hydrogen (secondary N) is 1. The molecule has 1 N–H and O–H groups in total. The average molecular weight is 749 g/mol. The van der Waals surface area contributed by atoms with Crippen LogP contribution in [0.3, 0.4) is 0 Å². The van der Waals surface area contributed by atoms with Gasteiger partial charge in [-0.3, -0.25) is 9.97 Å². The Morgan fingerprint density at radius 3 is 2.09 bits per heavy atom. The number of ether oxygens (including phenoxy) is 1. The van der Waals surface area contributed by atoms with E-state index < -0.39 is 11.7 Å². The zero-order valence-electron chi connectivity index (χ0n) is 22.8. The van der Waals surface area contributed by atoms with Gasteiger partial charge in [-0.25, -0.2) is 19.7 Å². The van der Waals surface area contributed by atoms with Crippen molar-refractivity contribution < 1.29 is 9.53 Å². The van der Waals surface area contributed by atoms with Crippen LogP contribution in [0.5, 0.6) is 0 Å². The van der Waals surface area contributed by atoms with Gasteiger partial charge in [-0.05, 0) is 76.9 Å². The summed E-state index contributed by atoms with van der Waals surface area (Å²) in [4.78, 5) is 30.8. The third kappa shape index (κ3) is 7.21. The molecule has 0 atom stereocenters. The van der Waals surface area contributed by atoms with Gasteiger partial charge in [0, 0.05) is 24.5 Å². The van der Waals surface area contributed by atoms with E-state index in [1.807, 2.05) is 12.1 Å². The number of fused-ring (bicyclic) bond motifs is 2. The number of hydrogen-bond donors (Lipinski definition) is 1. The quantitative estimate of drug-likeness (QED) is 0.179. The van der Waals surface area contributed by atoms with Crippen molar-refractivity contribution in [3.8, 4) is 0 Å². The fraction of sp³-hybridized carbons (Fsp3) is 0.148. The van der Waals surface area contributed by atoms with Crippen LogP contribution in [0.25, 0.3) is 11.3 Å². The SMILES string of the molecule is CC(C)(C)OC(=O)N(c1cccnc1)c1cc(Cl)nc2c(Br)cnn12.Clc1cc(Nc2cccnc2)n2ncc(Br)c2n1. The van der Waals surface area contributed by atoms with Gasteiger partial charge in [-0.15, -0.1) is 0 Å². The molecule has 220 valence electrons. The Bertz CT molecular complexity index is 1900. The van der Waals surface area contributed by atoms with Crippen molar-refractivity contribution in [3.63, 3.8) is 0 Å². The minimum absolute atomic E-state index is 0.223. The van der Waals surface area contributed by atoms with Crippen LogP contribution in [0.2, 0.25) is 10.3 Å². The zero-order chi connectivity index (χ0) is 30.7. The van der Waals surface area contributed by atoms with Crippen LogP contribution >= 0.6 is 55.1 Å². The summed E-state index contributed by atoms with van der Waals surface area (Å²) in [7, 11) is 0. The highest BCUT2D eigenvalue weighted by atomic mass is 79.9. The molecule has 0 bridgehead atoms. The Morgan fingerprint density at radius 2 is 1.49 bits per heavy atom. The fourth-order valence-electron chi connectivity index (χ4n) is 3.76. The normalized spacial score (nSPS) is 11.2. The minimum Gasteiger partial charge on any atom is -0.443 e. The number of hydrogen-bond acceptors (Lipinski definition) is 9. The van der Waals surface area contributed by atoms with Crippen LogP contribution in [0, 0.1) is 0 Å². The summed E-state index contributed by atoms with van der Waals surface area (Å²) in [6.45, 7) is 5.39. The number of nitrogens with zero attached hydrogens (tertiary/aromatic N) is 9. The molecule has 16 heteroatoms. The van der Waals surface area contributed by atoms with Gasteiger partial charge < -0.3 is 10.1 Å². The summed E-state index contributed by atoms with van der Waals surface area (Å²) in [5.41, 5.74) is 1.85. The Morgan fingerprint density at radius 1 is 0.884 bits per heavy atom. The van der Waals surface area contributed by atoms with E-state index in [4.69, 9.17) is 27.9 Å². The van der Waals surface area contributed by atoms with Crippen molar-refractivity contribution in [2.75, 3.05) is 10.2 Å². The smallest absolute Gasteiger partial charge is 0.420 e. The van der Waals surface area contributed by atoms with Crippen molar-refractivity contribution in [1.82, 2.24) is 39.2 Å². The third-order valence-electron chi connectivity index (χ3n) is 5.42. The van der Waals surface area contributed by atoms with Gasteiger partial charge in [-0.1, -0.05) is 23.2 Å². The zero-order valence-corrected chi connectivity index (χ0v) is 27.5. The van der Waals surface area contributed by atoms with E-state index in [0.717, 1.165) is 16.0 Å². The molecule has 0 aliphatic rings. The molecule has 1 amide bonds. The molecule has 6 rings (SSSR count). The molecule has 0 radical (unpaired) electrons. The lowest BCUT2D eigenvalue weighted by Crippen LogP contribution is -2.35. The topological polar surface area (TPSA) is 128 Å². The van der Waals surface area contributed by atoms with E-state index in [0.29, 0.717) is 32.4 Å². The molecule has 12 nitrogen and oxygen atoms in total. The maximum atomic E-state index is 12.9. The maximum absolute atomic E-state index is 12.9. The van der Waals surface area contributed by atoms with E-state index >= 15 is 0 Å². The number of halogens is 4. The first-order valence-electron chi connectivity index (χ1n) is 12.5. The Hall–Kier alpha value is -3.85. The van der Waals surface area contributed by atoms with Gasteiger partial charge in [0.1, 0.15) is 27.5 Å². The molecular weight excluding hydrogens is 727 g/mol. The Balaban J connectivity index is 0.000000180. The molecular formula is C27H22Br2Cl2N10O2. The summed E-state index contributed by atoms with van der Waals surface area (Å²) in [6, 6.07) is 10.5. The molecule has 0 unspecified atom stereocenters. The molecule has 0 aromatic carbocycles. The van der Waals surface area contributed by atoms with Crippen LogP contribution in [0.15, 0.2) is 82.5 Å². The van der Waals surface area contributed by atoms with Gasteiger partial charge in [0.25, 0.3) is 0 Å². The van der Waals surface area contributed by atoms with Gasteiger partial charge in [0.15, 0.2) is 11.3 Å². The van der Waals surface area contributed by atoms with Crippen molar-refractivity contribution in [1.29, 1.82) is 0 Å². The largest absolute Gasteiger partial charge is 0.443 e. The standard InChI is InChI=1S/C16H15BrClN5O2.C11H7BrClN5/c1-16(2,3)25-15(24)22(10-5-4-6-19-8-10)13-7-12(18)21-14-11(17)9-20-23(13)14;12-8-6-15-18-10(4-9(13)17-11(8)18)16-7-2-1-3-14-5-7/h4-9H,1-3H3;1-6,16H. The number of rotatable bonds is 4. The van der Waals surface area contributed by atoms with Crippen molar-refractivity contribution >= 4 is 95.5 Å². The van der Waals surface area contributed by atoms with Crippen LogP contribution < -0.4 is 10.2 Å². The van der Waals surface area contributed by atoms with Gasteiger partial charge >= 0.3 is 6.09 Å². The van der Waals surface area contributed by atoms with Gasteiger partial charge in [-0.2, -0.15) is 19.2 Å². The lowest BCUT2D eigenvalue weighted by molar-refractivity contribution is 0.0597. The summed E-state index contributed by atoms with van der Waals surface area (Å²) >= 11 is 18.9. The predicted octanol–water partition coefficient (Wildman–Crippen LogP) is 7.90. The minimum atomic E-state index is -0.668. The highest BCUT2D eigenvalue weighted by Gasteiger charge is 2.28. The lowest BCUT2D eigenvalue weighted by atomic mass is 10.2. The number of carbonyl (C=O) groups excluding carboxylic acids is 1. The fourth-order valence-corrected chi connectivity index (χ4v) is 4.81. The van der Waals surface area contributed by atoms with Crippen molar-refractivity contribution in [2.24, 2.45) is 0 Å². The molecule has 0 aliphatic heterocycles. The summed E-state index contributed by atoms with van der Waals surface area (Å²) in [5, 5.41) is 12.3. The average Bonchev–Trinajstić information content (AvgIpc) is 3.51. The molecule has 0 aliphatic carbocycles. The van der Waals surface area contributed by atoms with Crippen LogP contribution in [-0.4, -0.2) is 50.9 Å². The van der Waals surface area contributed by atoms with E-state index in [9.17, 15) is 4.79 Å². The first kappa shape index (κ1) is 30.6. The van der Waals surface area contributed by atoms with Crippen LogP contribution in [0.4, 0.5) is 27.8 Å². The monoisotopic (exact) mass is 746 g/mol. The number of anilines is 4. The highest BCUT2D eigenvalue weighted by Crippen LogP contribution is 2.31. The number of amides is 1. The third-order valence-corrected chi connectivity index (χ3v) is 6.93. The van der Waals surface area contributed by atoms with E-state index in [2.05, 4.69) is 67.3 Å². The summed E-state index contributed by atoms with van der Waals surface area (Å²) in [6.07, 6.45) is 9.30. The molecule has 6 aromatic heterocycles. The number of pyridine rings is 2. The Kier molecular flexibility index (Phi) is 9.11. The summed E-state index contributed by atoms with van der Waals surface area (Å²) in [5.74, 6) is 1.12. The van der Waals surface area contributed by atoms with E-state index in [1.54, 1.807) is 86.7 Å². The molecule has 6 heterocycles.